The van der Waals surface area contributed by atoms with E-state index < -0.39 is 0 Å². The van der Waals surface area contributed by atoms with Gasteiger partial charge in [-0.3, -0.25) is 10.1 Å². The third-order valence-electron chi connectivity index (χ3n) is 2.85. The molecule has 7 heteroatoms. The standard InChI is InChI=1S/C16H18BrN3O2S/c1-4-22-13-7-6-12(17)9-11(13)5-8-14(21)18-16-20-19-15(23-16)10(2)3/h5-10H,4H2,1-3H3,(H,18,20,21)/b8-5+. The van der Waals surface area contributed by atoms with Crippen LogP contribution >= 0.6 is 27.3 Å². The van der Waals surface area contributed by atoms with E-state index in [1.165, 1.54) is 17.4 Å². The molecule has 0 spiro atoms. The van der Waals surface area contributed by atoms with Crippen molar-refractivity contribution in [3.05, 3.63) is 39.3 Å². The molecule has 0 saturated heterocycles. The molecule has 1 heterocycles. The minimum Gasteiger partial charge on any atom is -0.493 e. The fourth-order valence-electron chi connectivity index (χ4n) is 1.77. The van der Waals surface area contributed by atoms with Gasteiger partial charge in [0.05, 0.1) is 6.61 Å². The molecule has 5 nitrogen and oxygen atoms in total. The Morgan fingerprint density at radius 3 is 2.87 bits per heavy atom. The van der Waals surface area contributed by atoms with E-state index in [1.807, 2.05) is 39.0 Å². The number of carbonyl (C=O) groups is 1. The maximum absolute atomic E-state index is 12.0. The summed E-state index contributed by atoms with van der Waals surface area (Å²) < 4.78 is 6.47. The number of nitrogens with one attached hydrogen (secondary N) is 1. The monoisotopic (exact) mass is 395 g/mol. The van der Waals surface area contributed by atoms with Crippen molar-refractivity contribution in [3.63, 3.8) is 0 Å². The highest BCUT2D eigenvalue weighted by Crippen LogP contribution is 2.25. The van der Waals surface area contributed by atoms with Gasteiger partial charge in [-0.2, -0.15) is 0 Å². The number of anilines is 1. The summed E-state index contributed by atoms with van der Waals surface area (Å²) in [6, 6.07) is 5.67. The molecule has 1 amide bonds. The zero-order chi connectivity index (χ0) is 16.8. The van der Waals surface area contributed by atoms with Crippen LogP contribution in [-0.2, 0) is 4.79 Å². The lowest BCUT2D eigenvalue weighted by Gasteiger charge is -2.07. The van der Waals surface area contributed by atoms with Gasteiger partial charge in [0.2, 0.25) is 11.0 Å². The molecule has 1 aromatic carbocycles. The van der Waals surface area contributed by atoms with Crippen LogP contribution in [0.5, 0.6) is 5.75 Å². The average molecular weight is 396 g/mol. The quantitative estimate of drug-likeness (QED) is 0.732. The maximum Gasteiger partial charge on any atom is 0.250 e. The van der Waals surface area contributed by atoms with E-state index in [0.29, 0.717) is 17.7 Å². The van der Waals surface area contributed by atoms with E-state index in [9.17, 15) is 4.79 Å². The molecular formula is C16H18BrN3O2S. The number of halogens is 1. The summed E-state index contributed by atoms with van der Waals surface area (Å²) in [5.74, 6) is 0.778. The maximum atomic E-state index is 12.0. The Hall–Kier alpha value is -1.73. The second-order valence-electron chi connectivity index (χ2n) is 5.04. The Labute approximate surface area is 147 Å². The van der Waals surface area contributed by atoms with Gasteiger partial charge in [-0.15, -0.1) is 10.2 Å². The fourth-order valence-corrected chi connectivity index (χ4v) is 2.89. The minimum atomic E-state index is -0.251. The number of ether oxygens (including phenoxy) is 1. The van der Waals surface area contributed by atoms with Crippen LogP contribution in [0, 0.1) is 0 Å². The van der Waals surface area contributed by atoms with Crippen molar-refractivity contribution < 1.29 is 9.53 Å². The number of rotatable bonds is 6. The Kier molecular flexibility index (Phi) is 6.29. The first-order valence-corrected chi connectivity index (χ1v) is 8.85. The molecule has 0 atom stereocenters. The van der Waals surface area contributed by atoms with Crippen molar-refractivity contribution >= 4 is 44.4 Å². The van der Waals surface area contributed by atoms with Crippen molar-refractivity contribution in [1.82, 2.24) is 10.2 Å². The summed E-state index contributed by atoms with van der Waals surface area (Å²) in [5.41, 5.74) is 0.830. The van der Waals surface area contributed by atoms with Crippen LogP contribution in [0.25, 0.3) is 6.08 Å². The summed E-state index contributed by atoms with van der Waals surface area (Å²) in [7, 11) is 0. The van der Waals surface area contributed by atoms with Crippen LogP contribution < -0.4 is 10.1 Å². The summed E-state index contributed by atoms with van der Waals surface area (Å²) in [5, 5.41) is 12.1. The Morgan fingerprint density at radius 2 is 2.22 bits per heavy atom. The SMILES string of the molecule is CCOc1ccc(Br)cc1/C=C/C(=O)Nc1nnc(C(C)C)s1. The third kappa shape index (κ3) is 5.14. The van der Waals surface area contributed by atoms with E-state index in [1.54, 1.807) is 6.08 Å². The Balaban J connectivity index is 2.07. The molecule has 0 aliphatic rings. The molecule has 0 radical (unpaired) electrons. The van der Waals surface area contributed by atoms with Crippen LogP contribution in [0.3, 0.4) is 0 Å². The lowest BCUT2D eigenvalue weighted by Crippen LogP contribution is -2.07. The minimum absolute atomic E-state index is 0.251. The van der Waals surface area contributed by atoms with Crippen LogP contribution in [0.15, 0.2) is 28.7 Å². The lowest BCUT2D eigenvalue weighted by molar-refractivity contribution is -0.111. The van der Waals surface area contributed by atoms with Gasteiger partial charge >= 0.3 is 0 Å². The van der Waals surface area contributed by atoms with Gasteiger partial charge < -0.3 is 4.74 Å². The largest absolute Gasteiger partial charge is 0.493 e. The highest BCUT2D eigenvalue weighted by molar-refractivity contribution is 9.10. The lowest BCUT2D eigenvalue weighted by atomic mass is 10.2. The normalized spacial score (nSPS) is 11.2. The van der Waals surface area contributed by atoms with E-state index in [2.05, 4.69) is 31.4 Å². The van der Waals surface area contributed by atoms with Crippen molar-refractivity contribution in [2.75, 3.05) is 11.9 Å². The molecule has 0 aliphatic carbocycles. The molecule has 0 aliphatic heterocycles. The number of benzene rings is 1. The molecule has 0 fully saturated rings. The van der Waals surface area contributed by atoms with Crippen molar-refractivity contribution in [2.45, 2.75) is 26.7 Å². The molecule has 23 heavy (non-hydrogen) atoms. The smallest absolute Gasteiger partial charge is 0.250 e. The zero-order valence-corrected chi connectivity index (χ0v) is 15.6. The number of carbonyl (C=O) groups excluding carboxylic acids is 1. The van der Waals surface area contributed by atoms with Crippen LogP contribution in [0.2, 0.25) is 0 Å². The fraction of sp³-hybridized carbons (Fsp3) is 0.312. The summed E-state index contributed by atoms with van der Waals surface area (Å²) in [6.07, 6.45) is 3.18. The first kappa shape index (κ1) is 17.6. The molecule has 0 bridgehead atoms. The second-order valence-corrected chi connectivity index (χ2v) is 6.96. The highest BCUT2D eigenvalue weighted by Gasteiger charge is 2.09. The van der Waals surface area contributed by atoms with E-state index in [0.717, 1.165) is 20.8 Å². The van der Waals surface area contributed by atoms with Crippen molar-refractivity contribution in [2.24, 2.45) is 0 Å². The highest BCUT2D eigenvalue weighted by atomic mass is 79.9. The van der Waals surface area contributed by atoms with E-state index in [4.69, 9.17) is 4.74 Å². The molecule has 0 unspecified atom stereocenters. The first-order valence-electron chi connectivity index (χ1n) is 7.24. The second kappa shape index (κ2) is 8.21. The van der Waals surface area contributed by atoms with Crippen molar-refractivity contribution in [3.8, 4) is 5.75 Å². The van der Waals surface area contributed by atoms with Crippen molar-refractivity contribution in [1.29, 1.82) is 0 Å². The topological polar surface area (TPSA) is 64.1 Å². The average Bonchev–Trinajstić information content (AvgIpc) is 2.96. The van der Waals surface area contributed by atoms with Gasteiger partial charge in [-0.25, -0.2) is 0 Å². The summed E-state index contributed by atoms with van der Waals surface area (Å²) in [4.78, 5) is 12.0. The third-order valence-corrected chi connectivity index (χ3v) is 4.48. The first-order chi connectivity index (χ1) is 11.0. The van der Waals surface area contributed by atoms with Crippen LogP contribution in [-0.4, -0.2) is 22.7 Å². The van der Waals surface area contributed by atoms with Gasteiger partial charge in [0.25, 0.3) is 0 Å². The van der Waals surface area contributed by atoms with Gasteiger partial charge in [0.15, 0.2) is 0 Å². The number of hydrogen-bond donors (Lipinski definition) is 1. The predicted octanol–water partition coefficient (Wildman–Crippen LogP) is 4.47. The molecule has 122 valence electrons. The number of hydrogen-bond acceptors (Lipinski definition) is 5. The van der Waals surface area contributed by atoms with E-state index >= 15 is 0 Å². The van der Waals surface area contributed by atoms with Gasteiger partial charge in [0, 0.05) is 22.0 Å². The summed E-state index contributed by atoms with van der Waals surface area (Å²) >= 11 is 4.80. The number of nitrogens with zero attached hydrogens (tertiary/aromatic N) is 2. The van der Waals surface area contributed by atoms with Gasteiger partial charge in [-0.05, 0) is 31.2 Å². The predicted molar refractivity (Wildman–Crippen MR) is 97.0 cm³/mol. The molecule has 2 rings (SSSR count). The summed E-state index contributed by atoms with van der Waals surface area (Å²) in [6.45, 7) is 6.56. The molecule has 0 saturated carbocycles. The molecule has 2 aromatic rings. The zero-order valence-electron chi connectivity index (χ0n) is 13.2. The Bertz CT molecular complexity index is 713. The molecular weight excluding hydrogens is 378 g/mol. The molecule has 1 N–H and O–H groups in total. The Morgan fingerprint density at radius 1 is 1.43 bits per heavy atom. The van der Waals surface area contributed by atoms with Crippen LogP contribution in [0.1, 0.15) is 37.3 Å². The van der Waals surface area contributed by atoms with Gasteiger partial charge in [0.1, 0.15) is 10.8 Å². The molecule has 1 aromatic heterocycles. The number of aromatic nitrogens is 2. The van der Waals surface area contributed by atoms with E-state index in [-0.39, 0.29) is 5.91 Å². The van der Waals surface area contributed by atoms with Gasteiger partial charge in [-0.1, -0.05) is 41.1 Å². The number of amides is 1. The van der Waals surface area contributed by atoms with Crippen LogP contribution in [0.4, 0.5) is 5.13 Å².